The summed E-state index contributed by atoms with van der Waals surface area (Å²) in [6.45, 7) is 1.31. The lowest BCUT2D eigenvalue weighted by atomic mass is 10.1. The second-order valence-corrected chi connectivity index (χ2v) is 4.41. The largest absolute Gasteiger partial charge is 0.497 e. The van der Waals surface area contributed by atoms with Crippen LogP contribution in [0.15, 0.2) is 24.3 Å². The predicted octanol–water partition coefficient (Wildman–Crippen LogP) is 0.729. The second kappa shape index (κ2) is 5.84. The Bertz CT molecular complexity index is 405. The zero-order chi connectivity index (χ0) is 13.0. The van der Waals surface area contributed by atoms with E-state index in [0.29, 0.717) is 13.0 Å². The second-order valence-electron chi connectivity index (χ2n) is 4.41. The fraction of sp³-hybridized carbons (Fsp3) is 0.462. The number of likely N-dealkylation sites (tertiary alicyclic amines) is 1. The van der Waals surface area contributed by atoms with E-state index >= 15 is 0 Å². The number of methoxy groups -OCH3 is 1. The predicted molar refractivity (Wildman–Crippen MR) is 67.0 cm³/mol. The van der Waals surface area contributed by atoms with Gasteiger partial charge >= 0.3 is 0 Å². The van der Waals surface area contributed by atoms with E-state index in [-0.39, 0.29) is 12.0 Å². The van der Waals surface area contributed by atoms with Crippen LogP contribution in [0.2, 0.25) is 0 Å². The van der Waals surface area contributed by atoms with Gasteiger partial charge in [0.05, 0.1) is 19.6 Å². The molecular formula is C13H18N2O3. The first kappa shape index (κ1) is 12.9. The first-order chi connectivity index (χ1) is 8.72. The number of nitrogens with zero attached hydrogens (tertiary/aromatic N) is 1. The van der Waals surface area contributed by atoms with E-state index in [2.05, 4.69) is 0 Å². The molecule has 5 heteroatoms. The van der Waals surface area contributed by atoms with Crippen LogP contribution in [-0.4, -0.2) is 37.1 Å². The third-order valence-electron chi connectivity index (χ3n) is 3.20. The van der Waals surface area contributed by atoms with Gasteiger partial charge < -0.3 is 9.64 Å². The monoisotopic (exact) mass is 250 g/mol. The Morgan fingerprint density at radius 2 is 2.17 bits per heavy atom. The fourth-order valence-electron chi connectivity index (χ4n) is 2.10. The van der Waals surface area contributed by atoms with Crippen molar-refractivity contribution in [3.05, 3.63) is 29.8 Å². The maximum atomic E-state index is 12.0. The summed E-state index contributed by atoms with van der Waals surface area (Å²) in [7, 11) is 1.62. The molecule has 1 heterocycles. The van der Waals surface area contributed by atoms with Crippen molar-refractivity contribution in [2.24, 2.45) is 5.90 Å². The van der Waals surface area contributed by atoms with Crippen LogP contribution in [0.1, 0.15) is 12.0 Å². The van der Waals surface area contributed by atoms with Crippen molar-refractivity contribution < 1.29 is 14.4 Å². The number of nitrogens with two attached hydrogens (primary N) is 1. The van der Waals surface area contributed by atoms with Crippen molar-refractivity contribution in [3.8, 4) is 5.75 Å². The summed E-state index contributed by atoms with van der Waals surface area (Å²) in [5.74, 6) is 6.04. The van der Waals surface area contributed by atoms with Crippen molar-refractivity contribution in [2.45, 2.75) is 18.9 Å². The highest BCUT2D eigenvalue weighted by atomic mass is 16.6. The van der Waals surface area contributed by atoms with Crippen LogP contribution < -0.4 is 10.6 Å². The molecule has 1 aliphatic rings. The lowest BCUT2D eigenvalue weighted by molar-refractivity contribution is -0.129. The van der Waals surface area contributed by atoms with E-state index in [1.807, 2.05) is 24.3 Å². The maximum Gasteiger partial charge on any atom is 0.227 e. The topological polar surface area (TPSA) is 64.8 Å². The van der Waals surface area contributed by atoms with Gasteiger partial charge in [-0.05, 0) is 24.1 Å². The van der Waals surface area contributed by atoms with Gasteiger partial charge in [0.1, 0.15) is 5.75 Å². The molecule has 5 nitrogen and oxygen atoms in total. The molecule has 1 unspecified atom stereocenters. The third kappa shape index (κ3) is 3.00. The van der Waals surface area contributed by atoms with Gasteiger partial charge in [0.25, 0.3) is 0 Å². The van der Waals surface area contributed by atoms with Crippen molar-refractivity contribution >= 4 is 5.91 Å². The zero-order valence-electron chi connectivity index (χ0n) is 10.5. The van der Waals surface area contributed by atoms with Crippen molar-refractivity contribution in [3.63, 3.8) is 0 Å². The molecule has 0 bridgehead atoms. The Hall–Kier alpha value is -1.59. The van der Waals surface area contributed by atoms with Crippen LogP contribution in [0.3, 0.4) is 0 Å². The number of ether oxygens (including phenoxy) is 1. The van der Waals surface area contributed by atoms with E-state index in [1.54, 1.807) is 12.0 Å². The summed E-state index contributed by atoms with van der Waals surface area (Å²) in [5.41, 5.74) is 0.984. The average molecular weight is 250 g/mol. The zero-order valence-corrected chi connectivity index (χ0v) is 10.5. The maximum absolute atomic E-state index is 12.0. The van der Waals surface area contributed by atoms with Crippen LogP contribution in [0, 0.1) is 0 Å². The molecular weight excluding hydrogens is 232 g/mol. The molecule has 0 aromatic heterocycles. The number of rotatable bonds is 4. The van der Waals surface area contributed by atoms with Crippen molar-refractivity contribution in [1.82, 2.24) is 4.90 Å². The van der Waals surface area contributed by atoms with Gasteiger partial charge in [0, 0.05) is 13.1 Å². The molecule has 1 atom stereocenters. The van der Waals surface area contributed by atoms with E-state index in [0.717, 1.165) is 24.3 Å². The molecule has 1 aromatic carbocycles. The van der Waals surface area contributed by atoms with Crippen molar-refractivity contribution in [2.75, 3.05) is 20.2 Å². The minimum Gasteiger partial charge on any atom is -0.497 e. The Labute approximate surface area is 106 Å². The van der Waals surface area contributed by atoms with Crippen LogP contribution in [0.25, 0.3) is 0 Å². The van der Waals surface area contributed by atoms with E-state index in [9.17, 15) is 4.79 Å². The molecule has 2 rings (SSSR count). The van der Waals surface area contributed by atoms with Crippen LogP contribution >= 0.6 is 0 Å². The molecule has 0 spiro atoms. The van der Waals surface area contributed by atoms with Crippen LogP contribution in [-0.2, 0) is 16.1 Å². The van der Waals surface area contributed by atoms with Crippen LogP contribution in [0.5, 0.6) is 5.75 Å². The highest BCUT2D eigenvalue weighted by Gasteiger charge is 2.26. The molecule has 1 aliphatic heterocycles. The van der Waals surface area contributed by atoms with E-state index in [4.69, 9.17) is 15.5 Å². The minimum atomic E-state index is -0.0233. The SMILES string of the molecule is COc1ccc(CC(=O)N2CCC(ON)C2)cc1. The minimum absolute atomic E-state index is 0.0233. The Balaban J connectivity index is 1.90. The summed E-state index contributed by atoms with van der Waals surface area (Å²) in [4.78, 5) is 18.6. The standard InChI is InChI=1S/C13H18N2O3/c1-17-11-4-2-10(3-5-11)8-13(16)15-7-6-12(9-15)18-14/h2-5,12H,6-9,14H2,1H3. The molecule has 1 saturated heterocycles. The van der Waals surface area contributed by atoms with Gasteiger partial charge in [-0.25, -0.2) is 5.90 Å². The van der Waals surface area contributed by atoms with Gasteiger partial charge in [-0.15, -0.1) is 0 Å². The lowest BCUT2D eigenvalue weighted by Gasteiger charge is -2.16. The number of amides is 1. The van der Waals surface area contributed by atoms with Gasteiger partial charge in [-0.2, -0.15) is 0 Å². The number of hydrogen-bond donors (Lipinski definition) is 1. The van der Waals surface area contributed by atoms with Gasteiger partial charge in [-0.3, -0.25) is 9.63 Å². The Morgan fingerprint density at radius 1 is 1.44 bits per heavy atom. The van der Waals surface area contributed by atoms with Crippen LogP contribution in [0.4, 0.5) is 0 Å². The molecule has 1 amide bonds. The molecule has 1 aromatic rings. The lowest BCUT2D eigenvalue weighted by Crippen LogP contribution is -2.32. The number of carbonyl (C=O) groups is 1. The highest BCUT2D eigenvalue weighted by Crippen LogP contribution is 2.15. The molecule has 2 N–H and O–H groups in total. The summed E-state index contributed by atoms with van der Waals surface area (Å²) in [6.07, 6.45) is 1.19. The number of hydrogen-bond acceptors (Lipinski definition) is 4. The third-order valence-corrected chi connectivity index (χ3v) is 3.20. The Morgan fingerprint density at radius 3 is 2.72 bits per heavy atom. The summed E-state index contributed by atoms with van der Waals surface area (Å²) in [6, 6.07) is 7.53. The highest BCUT2D eigenvalue weighted by molar-refractivity contribution is 5.79. The number of carbonyl (C=O) groups excluding carboxylic acids is 1. The molecule has 18 heavy (non-hydrogen) atoms. The Kier molecular flexibility index (Phi) is 4.17. The summed E-state index contributed by atoms with van der Waals surface area (Å²) < 4.78 is 5.08. The fourth-order valence-corrected chi connectivity index (χ4v) is 2.10. The van der Waals surface area contributed by atoms with E-state index < -0.39 is 0 Å². The summed E-state index contributed by atoms with van der Waals surface area (Å²) in [5, 5.41) is 0. The quantitative estimate of drug-likeness (QED) is 0.800. The summed E-state index contributed by atoms with van der Waals surface area (Å²) >= 11 is 0. The first-order valence-corrected chi connectivity index (χ1v) is 5.99. The van der Waals surface area contributed by atoms with E-state index in [1.165, 1.54) is 0 Å². The first-order valence-electron chi connectivity index (χ1n) is 5.99. The normalized spacial score (nSPS) is 19.0. The number of benzene rings is 1. The molecule has 0 radical (unpaired) electrons. The van der Waals surface area contributed by atoms with Gasteiger partial charge in [-0.1, -0.05) is 12.1 Å². The molecule has 1 fully saturated rings. The average Bonchev–Trinajstić information content (AvgIpc) is 2.88. The molecule has 98 valence electrons. The van der Waals surface area contributed by atoms with Gasteiger partial charge in [0.15, 0.2) is 0 Å². The smallest absolute Gasteiger partial charge is 0.227 e. The van der Waals surface area contributed by atoms with Crippen molar-refractivity contribution in [1.29, 1.82) is 0 Å². The van der Waals surface area contributed by atoms with Gasteiger partial charge in [0.2, 0.25) is 5.91 Å². The molecule has 0 aliphatic carbocycles. The molecule has 0 saturated carbocycles.